The van der Waals surface area contributed by atoms with Crippen molar-refractivity contribution in [2.45, 2.75) is 0 Å². The number of aromatic amines is 1. The Morgan fingerprint density at radius 1 is 1.00 bits per heavy atom. The summed E-state index contributed by atoms with van der Waals surface area (Å²) in [7, 11) is 0. The fraction of sp³-hybridized carbons (Fsp3) is 0.200. The highest BCUT2D eigenvalue weighted by Gasteiger charge is 2.19. The normalized spacial score (nSPS) is 9.60. The molecule has 1 rings (SSSR count). The maximum absolute atomic E-state index is 9.36. The number of aromatic hydroxyl groups is 2. The average molecular weight is 211 g/mol. The van der Waals surface area contributed by atoms with Gasteiger partial charge in [0.2, 0.25) is 23.3 Å². The van der Waals surface area contributed by atoms with Crippen LogP contribution in [0.4, 0.5) is 0 Å². The first kappa shape index (κ1) is 11.0. The van der Waals surface area contributed by atoms with Crippen molar-refractivity contribution in [1.82, 2.24) is 4.98 Å². The molecule has 3 N–H and O–H groups in total. The molecule has 5 nitrogen and oxygen atoms in total. The topological polar surface area (TPSA) is 74.7 Å². The van der Waals surface area contributed by atoms with Gasteiger partial charge in [-0.2, -0.15) is 0 Å². The third-order valence-electron chi connectivity index (χ3n) is 1.56. The second kappa shape index (κ2) is 4.99. The summed E-state index contributed by atoms with van der Waals surface area (Å²) in [4.78, 5) is 2.29. The van der Waals surface area contributed by atoms with Crippen LogP contribution in [-0.4, -0.2) is 28.4 Å². The van der Waals surface area contributed by atoms with Gasteiger partial charge >= 0.3 is 0 Å². The van der Waals surface area contributed by atoms with E-state index >= 15 is 0 Å². The van der Waals surface area contributed by atoms with Gasteiger partial charge in [-0.3, -0.25) is 4.98 Å². The summed E-state index contributed by atoms with van der Waals surface area (Å²) in [6.45, 7) is 7.34. The van der Waals surface area contributed by atoms with Crippen molar-refractivity contribution < 1.29 is 19.7 Å². The minimum atomic E-state index is -0.284. The summed E-state index contributed by atoms with van der Waals surface area (Å²) < 4.78 is 10.2. The molecule has 82 valence electrons. The van der Waals surface area contributed by atoms with Crippen LogP contribution in [0.1, 0.15) is 0 Å². The predicted octanol–water partition coefficient (Wildman–Crippen LogP) is 1.56. The number of H-pyrrole nitrogens is 1. The molecule has 0 spiro atoms. The summed E-state index contributed by atoms with van der Waals surface area (Å²) >= 11 is 0. The first-order chi connectivity index (χ1) is 7.20. The number of nitrogens with one attached hydrogen (secondary N) is 1. The lowest BCUT2D eigenvalue weighted by Gasteiger charge is -2.05. The van der Waals surface area contributed by atoms with E-state index in [9.17, 15) is 10.2 Å². The largest absolute Gasteiger partial charge is 0.492 e. The Hall–Kier alpha value is -2.04. The molecule has 1 aromatic rings. The van der Waals surface area contributed by atoms with E-state index in [4.69, 9.17) is 9.47 Å². The molecule has 1 aromatic heterocycles. The number of ether oxygens (including phenoxy) is 2. The Morgan fingerprint density at radius 2 is 1.40 bits per heavy atom. The Balaban J connectivity index is 2.88. The average Bonchev–Trinajstić information content (AvgIpc) is 2.47. The zero-order chi connectivity index (χ0) is 11.3. The van der Waals surface area contributed by atoms with Gasteiger partial charge in [-0.15, -0.1) is 0 Å². The van der Waals surface area contributed by atoms with Gasteiger partial charge in [-0.1, -0.05) is 25.3 Å². The van der Waals surface area contributed by atoms with Crippen LogP contribution in [0.15, 0.2) is 25.3 Å². The van der Waals surface area contributed by atoms with Crippen molar-refractivity contribution in [2.75, 3.05) is 13.2 Å². The summed E-state index contributed by atoms with van der Waals surface area (Å²) in [5.74, 6) is -0.440. The Morgan fingerprint density at radius 3 is 1.73 bits per heavy atom. The maximum Gasteiger partial charge on any atom is 0.239 e. The van der Waals surface area contributed by atoms with E-state index in [0.717, 1.165) is 0 Å². The van der Waals surface area contributed by atoms with Crippen LogP contribution < -0.4 is 9.47 Å². The molecule has 0 saturated heterocycles. The highest BCUT2D eigenvalue weighted by atomic mass is 16.5. The highest BCUT2D eigenvalue weighted by molar-refractivity contribution is 5.55. The van der Waals surface area contributed by atoms with Gasteiger partial charge in [-0.05, 0) is 0 Å². The van der Waals surface area contributed by atoms with Crippen LogP contribution in [0, 0.1) is 0 Å². The molecule has 0 radical (unpaired) electrons. The standard InChI is InChI=1S/C10H13NO4/c1-3-5-14-7-8(15-6-4-2)10(13)11-9(7)12/h3-4,11-13H,1-2,5-6H2. The molecule has 0 aliphatic heterocycles. The number of aromatic nitrogens is 1. The quantitative estimate of drug-likeness (QED) is 0.624. The Kier molecular flexibility index (Phi) is 3.68. The zero-order valence-corrected chi connectivity index (χ0v) is 8.19. The molecular weight excluding hydrogens is 198 g/mol. The van der Waals surface area contributed by atoms with Gasteiger partial charge in [0.25, 0.3) is 0 Å². The lowest BCUT2D eigenvalue weighted by atomic mass is 10.5. The monoisotopic (exact) mass is 211 g/mol. The molecule has 0 atom stereocenters. The van der Waals surface area contributed by atoms with Crippen LogP contribution in [0.25, 0.3) is 0 Å². The molecule has 0 saturated carbocycles. The second-order valence-corrected chi connectivity index (χ2v) is 2.68. The van der Waals surface area contributed by atoms with Crippen LogP contribution in [0.2, 0.25) is 0 Å². The molecule has 0 aromatic carbocycles. The Bertz CT molecular complexity index is 324. The van der Waals surface area contributed by atoms with E-state index in [-0.39, 0.29) is 36.5 Å². The molecule has 15 heavy (non-hydrogen) atoms. The molecule has 0 aliphatic rings. The van der Waals surface area contributed by atoms with Gasteiger partial charge in [0.05, 0.1) is 0 Å². The van der Waals surface area contributed by atoms with Gasteiger partial charge in [0.15, 0.2) is 0 Å². The molecule has 0 amide bonds. The summed E-state index contributed by atoms with van der Waals surface area (Å²) in [5, 5.41) is 18.7. The van der Waals surface area contributed by atoms with Gasteiger partial charge in [0, 0.05) is 0 Å². The van der Waals surface area contributed by atoms with Crippen molar-refractivity contribution >= 4 is 0 Å². The van der Waals surface area contributed by atoms with Gasteiger partial charge < -0.3 is 19.7 Å². The molecule has 0 fully saturated rings. The summed E-state index contributed by atoms with van der Waals surface area (Å²) in [6, 6.07) is 0. The molecule has 0 bridgehead atoms. The SMILES string of the molecule is C=CCOc1c(O)[nH]c(O)c1OCC=C. The van der Waals surface area contributed by atoms with Crippen molar-refractivity contribution in [2.24, 2.45) is 0 Å². The fourth-order valence-electron chi connectivity index (χ4n) is 0.993. The third kappa shape index (κ3) is 2.46. The maximum atomic E-state index is 9.36. The molecule has 5 heteroatoms. The first-order valence-electron chi connectivity index (χ1n) is 4.32. The van der Waals surface area contributed by atoms with Crippen molar-refractivity contribution in [3.63, 3.8) is 0 Å². The van der Waals surface area contributed by atoms with Crippen molar-refractivity contribution in [1.29, 1.82) is 0 Å². The molecule has 0 aliphatic carbocycles. The summed E-state index contributed by atoms with van der Waals surface area (Å²) in [5.41, 5.74) is 0. The van der Waals surface area contributed by atoms with Crippen molar-refractivity contribution in [3.05, 3.63) is 25.3 Å². The zero-order valence-electron chi connectivity index (χ0n) is 8.19. The minimum Gasteiger partial charge on any atom is -0.492 e. The lowest BCUT2D eigenvalue weighted by Crippen LogP contribution is -1.97. The summed E-state index contributed by atoms with van der Waals surface area (Å²) in [6.07, 6.45) is 3.03. The molecular formula is C10H13NO4. The van der Waals surface area contributed by atoms with E-state index in [0.29, 0.717) is 0 Å². The van der Waals surface area contributed by atoms with E-state index in [1.165, 1.54) is 12.2 Å². The van der Waals surface area contributed by atoms with E-state index in [2.05, 4.69) is 18.1 Å². The number of rotatable bonds is 6. The second-order valence-electron chi connectivity index (χ2n) is 2.68. The Labute approximate surface area is 87.3 Å². The molecule has 0 unspecified atom stereocenters. The van der Waals surface area contributed by atoms with E-state index < -0.39 is 0 Å². The highest BCUT2D eigenvalue weighted by Crippen LogP contribution is 2.43. The van der Waals surface area contributed by atoms with Gasteiger partial charge in [-0.25, -0.2) is 0 Å². The lowest BCUT2D eigenvalue weighted by molar-refractivity contribution is 0.290. The van der Waals surface area contributed by atoms with Gasteiger partial charge in [0.1, 0.15) is 13.2 Å². The van der Waals surface area contributed by atoms with Crippen molar-refractivity contribution in [3.8, 4) is 23.3 Å². The minimum absolute atomic E-state index is 0.0641. The van der Waals surface area contributed by atoms with Crippen LogP contribution in [0.5, 0.6) is 23.3 Å². The van der Waals surface area contributed by atoms with Crippen LogP contribution in [-0.2, 0) is 0 Å². The van der Waals surface area contributed by atoms with Crippen LogP contribution >= 0.6 is 0 Å². The van der Waals surface area contributed by atoms with Crippen LogP contribution in [0.3, 0.4) is 0 Å². The smallest absolute Gasteiger partial charge is 0.239 e. The van der Waals surface area contributed by atoms with E-state index in [1.54, 1.807) is 0 Å². The first-order valence-corrected chi connectivity index (χ1v) is 4.32. The molecule has 1 heterocycles. The number of hydrogen-bond donors (Lipinski definition) is 3. The van der Waals surface area contributed by atoms with E-state index in [1.807, 2.05) is 0 Å². The predicted molar refractivity (Wildman–Crippen MR) is 55.5 cm³/mol. The number of hydrogen-bond acceptors (Lipinski definition) is 4. The third-order valence-corrected chi connectivity index (χ3v) is 1.56. The fourth-order valence-corrected chi connectivity index (χ4v) is 0.993.